The van der Waals surface area contributed by atoms with Crippen LogP contribution in [0.3, 0.4) is 0 Å². The summed E-state index contributed by atoms with van der Waals surface area (Å²) in [5, 5.41) is 0. The van der Waals surface area contributed by atoms with Crippen molar-refractivity contribution in [2.75, 3.05) is 38.8 Å². The predicted octanol–water partition coefficient (Wildman–Crippen LogP) is 1.86. The van der Waals surface area contributed by atoms with Crippen LogP contribution in [0.2, 0.25) is 0 Å². The highest BCUT2D eigenvalue weighted by Gasteiger charge is 2.35. The second-order valence-electron chi connectivity index (χ2n) is 5.90. The average Bonchev–Trinajstić information content (AvgIpc) is 2.97. The first kappa shape index (κ1) is 13.8. The molecule has 0 bridgehead atoms. The lowest BCUT2D eigenvalue weighted by molar-refractivity contribution is 0.0285. The van der Waals surface area contributed by atoms with Gasteiger partial charge in [-0.05, 0) is 32.2 Å². The Balaban J connectivity index is 1.84. The van der Waals surface area contributed by atoms with Gasteiger partial charge in [-0.3, -0.25) is 9.88 Å². The van der Waals surface area contributed by atoms with Crippen molar-refractivity contribution in [2.24, 2.45) is 0 Å². The molecule has 2 saturated heterocycles. The molecule has 0 amide bonds. The molecule has 0 aromatic carbocycles. The fraction of sp³-hybridized carbons (Fsp3) is 0.733. The number of nitrogens with zero attached hydrogens (tertiary/aromatic N) is 4. The molecule has 0 spiro atoms. The van der Waals surface area contributed by atoms with Gasteiger partial charge in [0.25, 0.3) is 0 Å². The van der Waals surface area contributed by atoms with Gasteiger partial charge in [0.15, 0.2) is 5.82 Å². The minimum Gasteiger partial charge on any atom is -0.381 e. The van der Waals surface area contributed by atoms with Gasteiger partial charge in [0.05, 0.1) is 11.7 Å². The number of aromatic nitrogens is 2. The fourth-order valence-corrected chi connectivity index (χ4v) is 3.46. The fourth-order valence-electron chi connectivity index (χ4n) is 3.46. The van der Waals surface area contributed by atoms with E-state index in [1.54, 1.807) is 6.20 Å². The van der Waals surface area contributed by atoms with E-state index in [9.17, 15) is 0 Å². The maximum Gasteiger partial charge on any atom is 0.151 e. The number of anilines is 1. The largest absolute Gasteiger partial charge is 0.381 e. The SMILES string of the molecule is CN(C)c1nccnc1[C@@H]1CCCN1C1CCOCC1. The molecule has 0 aliphatic carbocycles. The zero-order chi connectivity index (χ0) is 13.9. The van der Waals surface area contributed by atoms with Crippen LogP contribution >= 0.6 is 0 Å². The first-order valence-electron chi connectivity index (χ1n) is 7.59. The third-order valence-corrected chi connectivity index (χ3v) is 4.40. The van der Waals surface area contributed by atoms with Crippen molar-refractivity contribution in [2.45, 2.75) is 37.8 Å². The van der Waals surface area contributed by atoms with Crippen LogP contribution in [0.25, 0.3) is 0 Å². The van der Waals surface area contributed by atoms with Crippen molar-refractivity contribution in [1.29, 1.82) is 0 Å². The smallest absolute Gasteiger partial charge is 0.151 e. The lowest BCUT2D eigenvalue weighted by atomic mass is 10.0. The van der Waals surface area contributed by atoms with Gasteiger partial charge < -0.3 is 9.64 Å². The van der Waals surface area contributed by atoms with E-state index in [0.29, 0.717) is 12.1 Å². The summed E-state index contributed by atoms with van der Waals surface area (Å²) in [6.07, 6.45) is 8.35. The van der Waals surface area contributed by atoms with Gasteiger partial charge in [-0.25, -0.2) is 4.98 Å². The lowest BCUT2D eigenvalue weighted by Gasteiger charge is -2.35. The number of hydrogen-bond acceptors (Lipinski definition) is 5. The molecule has 0 N–H and O–H groups in total. The van der Waals surface area contributed by atoms with E-state index < -0.39 is 0 Å². The Morgan fingerprint density at radius 1 is 1.15 bits per heavy atom. The highest BCUT2D eigenvalue weighted by Crippen LogP contribution is 2.37. The summed E-state index contributed by atoms with van der Waals surface area (Å²) < 4.78 is 5.50. The highest BCUT2D eigenvalue weighted by molar-refractivity contribution is 5.43. The van der Waals surface area contributed by atoms with Crippen LogP contribution in [0, 0.1) is 0 Å². The molecule has 3 heterocycles. The first-order valence-corrected chi connectivity index (χ1v) is 7.59. The van der Waals surface area contributed by atoms with E-state index in [4.69, 9.17) is 4.74 Å². The Morgan fingerprint density at radius 3 is 2.65 bits per heavy atom. The average molecular weight is 276 g/mol. The molecule has 1 atom stereocenters. The Morgan fingerprint density at radius 2 is 1.90 bits per heavy atom. The van der Waals surface area contributed by atoms with Crippen molar-refractivity contribution in [3.63, 3.8) is 0 Å². The van der Waals surface area contributed by atoms with Crippen LogP contribution in [0.4, 0.5) is 5.82 Å². The van der Waals surface area contributed by atoms with Gasteiger partial charge in [-0.2, -0.15) is 0 Å². The van der Waals surface area contributed by atoms with E-state index in [0.717, 1.165) is 37.6 Å². The molecule has 3 rings (SSSR count). The van der Waals surface area contributed by atoms with Crippen molar-refractivity contribution < 1.29 is 4.74 Å². The maximum atomic E-state index is 5.50. The summed E-state index contributed by atoms with van der Waals surface area (Å²) in [6, 6.07) is 1.07. The van der Waals surface area contributed by atoms with Crippen molar-refractivity contribution in [3.05, 3.63) is 18.1 Å². The molecule has 2 fully saturated rings. The van der Waals surface area contributed by atoms with Crippen LogP contribution in [-0.4, -0.2) is 54.8 Å². The summed E-state index contributed by atoms with van der Waals surface area (Å²) in [5.41, 5.74) is 1.14. The molecule has 20 heavy (non-hydrogen) atoms. The van der Waals surface area contributed by atoms with Gasteiger partial charge in [0.2, 0.25) is 0 Å². The van der Waals surface area contributed by atoms with Crippen LogP contribution in [0.5, 0.6) is 0 Å². The zero-order valence-corrected chi connectivity index (χ0v) is 12.5. The van der Waals surface area contributed by atoms with E-state index >= 15 is 0 Å². The maximum absolute atomic E-state index is 5.50. The molecular weight excluding hydrogens is 252 g/mol. The van der Waals surface area contributed by atoms with Gasteiger partial charge in [-0.15, -0.1) is 0 Å². The highest BCUT2D eigenvalue weighted by atomic mass is 16.5. The second-order valence-corrected chi connectivity index (χ2v) is 5.90. The lowest BCUT2D eigenvalue weighted by Crippen LogP contribution is -2.39. The summed E-state index contributed by atoms with van der Waals surface area (Å²) in [6.45, 7) is 2.97. The third kappa shape index (κ3) is 2.65. The second kappa shape index (κ2) is 6.06. The van der Waals surface area contributed by atoms with E-state index in [2.05, 4.69) is 19.8 Å². The minimum atomic E-state index is 0.421. The molecule has 0 radical (unpaired) electrons. The summed E-state index contributed by atoms with van der Waals surface area (Å²) in [5.74, 6) is 1.01. The van der Waals surface area contributed by atoms with Gasteiger partial charge in [0.1, 0.15) is 0 Å². The zero-order valence-electron chi connectivity index (χ0n) is 12.5. The minimum absolute atomic E-state index is 0.421. The quantitative estimate of drug-likeness (QED) is 0.843. The molecule has 5 heteroatoms. The predicted molar refractivity (Wildman–Crippen MR) is 78.9 cm³/mol. The van der Waals surface area contributed by atoms with E-state index in [1.165, 1.54) is 19.4 Å². The van der Waals surface area contributed by atoms with Crippen molar-refractivity contribution >= 4 is 5.82 Å². The topological polar surface area (TPSA) is 41.5 Å². The van der Waals surface area contributed by atoms with E-state index in [-0.39, 0.29) is 0 Å². The molecule has 5 nitrogen and oxygen atoms in total. The third-order valence-electron chi connectivity index (χ3n) is 4.40. The van der Waals surface area contributed by atoms with Gasteiger partial charge in [0, 0.05) is 45.7 Å². The summed E-state index contributed by atoms with van der Waals surface area (Å²) >= 11 is 0. The molecule has 1 aromatic heterocycles. The number of rotatable bonds is 3. The van der Waals surface area contributed by atoms with E-state index in [1.807, 2.05) is 20.3 Å². The summed E-state index contributed by atoms with van der Waals surface area (Å²) in [4.78, 5) is 13.9. The summed E-state index contributed by atoms with van der Waals surface area (Å²) in [7, 11) is 4.09. The Labute approximate surface area is 121 Å². The molecular formula is C15H24N4O. The van der Waals surface area contributed by atoms with Gasteiger partial charge in [-0.1, -0.05) is 0 Å². The number of likely N-dealkylation sites (tertiary alicyclic amines) is 1. The number of hydrogen-bond donors (Lipinski definition) is 0. The normalized spacial score (nSPS) is 25.0. The van der Waals surface area contributed by atoms with Crippen LogP contribution in [0.1, 0.15) is 37.4 Å². The van der Waals surface area contributed by atoms with Crippen LogP contribution < -0.4 is 4.90 Å². The standard InChI is InChI=1S/C15H24N4O/c1-18(2)15-14(16-7-8-17-15)13-4-3-9-19(13)12-5-10-20-11-6-12/h7-8,12-13H,3-6,9-11H2,1-2H3/t13-/m0/s1. The Bertz CT molecular complexity index is 445. The number of ether oxygens (including phenoxy) is 1. The Kier molecular flexibility index (Phi) is 4.17. The molecule has 1 aromatic rings. The van der Waals surface area contributed by atoms with Crippen LogP contribution in [0.15, 0.2) is 12.4 Å². The molecule has 0 saturated carbocycles. The Hall–Kier alpha value is -1.20. The van der Waals surface area contributed by atoms with Gasteiger partial charge >= 0.3 is 0 Å². The monoisotopic (exact) mass is 276 g/mol. The first-order chi connectivity index (χ1) is 9.77. The molecule has 2 aliphatic heterocycles. The van der Waals surface area contributed by atoms with Crippen LogP contribution in [-0.2, 0) is 4.74 Å². The van der Waals surface area contributed by atoms with Crippen molar-refractivity contribution in [3.8, 4) is 0 Å². The van der Waals surface area contributed by atoms with Crippen molar-refractivity contribution in [1.82, 2.24) is 14.9 Å². The molecule has 110 valence electrons. The molecule has 0 unspecified atom stereocenters. The molecule has 2 aliphatic rings.